The van der Waals surface area contributed by atoms with Gasteiger partial charge < -0.3 is 10.3 Å². The summed E-state index contributed by atoms with van der Waals surface area (Å²) in [6.45, 7) is 4.87. The number of aromatic nitrogens is 3. The number of hydrogen-bond acceptors (Lipinski definition) is 3. The summed E-state index contributed by atoms with van der Waals surface area (Å²) < 4.78 is 2.05. The molecule has 2 aromatic rings. The molecule has 78 valence electrons. The molecule has 0 saturated heterocycles. The fourth-order valence-corrected chi connectivity index (χ4v) is 1.49. The summed E-state index contributed by atoms with van der Waals surface area (Å²) in [5, 5.41) is 0. The molecule has 2 heterocycles. The fraction of sp³-hybridized carbons (Fsp3) is 0.273. The molecule has 0 aliphatic rings. The highest BCUT2D eigenvalue weighted by molar-refractivity contribution is 5.55. The lowest BCUT2D eigenvalue weighted by Crippen LogP contribution is -2.00. The summed E-state index contributed by atoms with van der Waals surface area (Å²) >= 11 is 0. The number of hydrogen-bond donors (Lipinski definition) is 1. The Kier molecular flexibility index (Phi) is 2.41. The molecule has 0 saturated carbocycles. The van der Waals surface area contributed by atoms with Crippen LogP contribution in [0.3, 0.4) is 0 Å². The number of imidazole rings is 1. The summed E-state index contributed by atoms with van der Waals surface area (Å²) in [7, 11) is 0. The molecule has 0 radical (unpaired) electrons. The first-order chi connectivity index (χ1) is 7.22. The number of nitrogens with zero attached hydrogens (tertiary/aromatic N) is 3. The van der Waals surface area contributed by atoms with E-state index in [2.05, 4.69) is 21.5 Å². The predicted octanol–water partition coefficient (Wildman–Crippen LogP) is 1.86. The third kappa shape index (κ3) is 1.70. The van der Waals surface area contributed by atoms with Crippen molar-refractivity contribution in [3.8, 4) is 11.5 Å². The van der Waals surface area contributed by atoms with Crippen molar-refractivity contribution in [2.75, 3.05) is 5.73 Å². The third-order valence-electron chi connectivity index (χ3n) is 2.41. The van der Waals surface area contributed by atoms with Gasteiger partial charge in [-0.15, -0.1) is 0 Å². The Morgan fingerprint density at radius 1 is 1.40 bits per heavy atom. The fourth-order valence-electron chi connectivity index (χ4n) is 1.49. The van der Waals surface area contributed by atoms with Crippen molar-refractivity contribution in [3.05, 3.63) is 30.2 Å². The first-order valence-corrected chi connectivity index (χ1v) is 4.97. The summed E-state index contributed by atoms with van der Waals surface area (Å²) in [6, 6.07) is 3.77. The second-order valence-corrected chi connectivity index (χ2v) is 3.41. The van der Waals surface area contributed by atoms with E-state index in [0.717, 1.165) is 23.8 Å². The highest BCUT2D eigenvalue weighted by atomic mass is 15.1. The molecule has 0 fully saturated rings. The molecule has 2 N–H and O–H groups in total. The zero-order chi connectivity index (χ0) is 10.8. The Balaban J connectivity index is 2.50. The molecule has 0 aromatic carbocycles. The number of pyridine rings is 1. The van der Waals surface area contributed by atoms with Crippen LogP contribution in [0.2, 0.25) is 0 Å². The smallest absolute Gasteiger partial charge is 0.158 e. The van der Waals surface area contributed by atoms with Crippen LogP contribution in [-0.2, 0) is 6.54 Å². The van der Waals surface area contributed by atoms with Crippen LogP contribution >= 0.6 is 0 Å². The van der Waals surface area contributed by atoms with E-state index < -0.39 is 0 Å². The summed E-state index contributed by atoms with van der Waals surface area (Å²) in [4.78, 5) is 8.70. The van der Waals surface area contributed by atoms with Gasteiger partial charge in [-0.25, -0.2) is 9.97 Å². The van der Waals surface area contributed by atoms with E-state index in [1.54, 1.807) is 6.20 Å². The number of rotatable bonds is 2. The number of anilines is 1. The highest BCUT2D eigenvalue weighted by Gasteiger charge is 2.06. The molecular formula is C11H14N4. The minimum Gasteiger partial charge on any atom is -0.397 e. The Morgan fingerprint density at radius 3 is 2.87 bits per heavy atom. The third-order valence-corrected chi connectivity index (χ3v) is 2.41. The lowest BCUT2D eigenvalue weighted by atomic mass is 10.2. The summed E-state index contributed by atoms with van der Waals surface area (Å²) in [5.41, 5.74) is 8.15. The highest BCUT2D eigenvalue weighted by Crippen LogP contribution is 2.18. The van der Waals surface area contributed by atoms with Gasteiger partial charge in [0.05, 0.1) is 11.4 Å². The van der Waals surface area contributed by atoms with E-state index in [1.807, 2.05) is 25.3 Å². The van der Waals surface area contributed by atoms with Crippen LogP contribution in [0.1, 0.15) is 12.6 Å². The van der Waals surface area contributed by atoms with Crippen molar-refractivity contribution in [2.45, 2.75) is 20.4 Å². The SMILES string of the molecule is CCn1ccnc1-c1ccc(N)c(C)n1. The van der Waals surface area contributed by atoms with Crippen molar-refractivity contribution < 1.29 is 0 Å². The first kappa shape index (κ1) is 9.71. The average molecular weight is 202 g/mol. The molecule has 0 aliphatic carbocycles. The number of aryl methyl sites for hydroxylation is 2. The minimum atomic E-state index is 0.716. The quantitative estimate of drug-likeness (QED) is 0.808. The summed E-state index contributed by atoms with van der Waals surface area (Å²) in [5.74, 6) is 0.889. The zero-order valence-electron chi connectivity index (χ0n) is 8.94. The summed E-state index contributed by atoms with van der Waals surface area (Å²) in [6.07, 6.45) is 3.73. The van der Waals surface area contributed by atoms with Gasteiger partial charge in [-0.3, -0.25) is 0 Å². The van der Waals surface area contributed by atoms with Crippen LogP contribution < -0.4 is 5.73 Å². The van der Waals surface area contributed by atoms with Crippen molar-refractivity contribution >= 4 is 5.69 Å². The molecule has 4 nitrogen and oxygen atoms in total. The normalized spacial score (nSPS) is 10.5. The van der Waals surface area contributed by atoms with Gasteiger partial charge in [0.15, 0.2) is 5.82 Å². The van der Waals surface area contributed by atoms with Gasteiger partial charge in [0.2, 0.25) is 0 Å². The Bertz CT molecular complexity index is 473. The van der Waals surface area contributed by atoms with E-state index in [1.165, 1.54) is 0 Å². The molecule has 15 heavy (non-hydrogen) atoms. The van der Waals surface area contributed by atoms with Crippen LogP contribution in [0.15, 0.2) is 24.5 Å². The van der Waals surface area contributed by atoms with Crippen molar-refractivity contribution in [3.63, 3.8) is 0 Å². The molecule has 0 unspecified atom stereocenters. The largest absolute Gasteiger partial charge is 0.397 e. The molecule has 4 heteroatoms. The predicted molar refractivity (Wildman–Crippen MR) is 60.3 cm³/mol. The van der Waals surface area contributed by atoms with Gasteiger partial charge >= 0.3 is 0 Å². The van der Waals surface area contributed by atoms with Crippen LogP contribution in [-0.4, -0.2) is 14.5 Å². The van der Waals surface area contributed by atoms with Gasteiger partial charge in [-0.2, -0.15) is 0 Å². The van der Waals surface area contributed by atoms with Gasteiger partial charge in [-0.05, 0) is 26.0 Å². The van der Waals surface area contributed by atoms with Gasteiger partial charge in [0, 0.05) is 18.9 Å². The van der Waals surface area contributed by atoms with E-state index in [4.69, 9.17) is 5.73 Å². The molecule has 2 aromatic heterocycles. The molecule has 2 rings (SSSR count). The van der Waals surface area contributed by atoms with Crippen LogP contribution in [0.25, 0.3) is 11.5 Å². The molecule has 0 bridgehead atoms. The van der Waals surface area contributed by atoms with Crippen molar-refractivity contribution in [1.29, 1.82) is 0 Å². The molecule has 0 aliphatic heterocycles. The lowest BCUT2D eigenvalue weighted by molar-refractivity contribution is 0.767. The van der Waals surface area contributed by atoms with Gasteiger partial charge in [0.1, 0.15) is 5.69 Å². The van der Waals surface area contributed by atoms with Crippen molar-refractivity contribution in [1.82, 2.24) is 14.5 Å². The zero-order valence-corrected chi connectivity index (χ0v) is 8.94. The van der Waals surface area contributed by atoms with E-state index >= 15 is 0 Å². The van der Waals surface area contributed by atoms with E-state index in [0.29, 0.717) is 5.69 Å². The number of nitrogens with two attached hydrogens (primary N) is 1. The van der Waals surface area contributed by atoms with Crippen LogP contribution in [0.5, 0.6) is 0 Å². The standard InChI is InChI=1S/C11H14N4/c1-3-15-7-6-13-11(15)10-5-4-9(12)8(2)14-10/h4-7H,3,12H2,1-2H3. The Labute approximate surface area is 88.8 Å². The Morgan fingerprint density at radius 2 is 2.20 bits per heavy atom. The molecule has 0 spiro atoms. The van der Waals surface area contributed by atoms with Crippen molar-refractivity contribution in [2.24, 2.45) is 0 Å². The second-order valence-electron chi connectivity index (χ2n) is 3.41. The second kappa shape index (κ2) is 3.73. The maximum atomic E-state index is 5.72. The van der Waals surface area contributed by atoms with Crippen LogP contribution in [0.4, 0.5) is 5.69 Å². The Hall–Kier alpha value is -1.84. The monoisotopic (exact) mass is 202 g/mol. The van der Waals surface area contributed by atoms with E-state index in [9.17, 15) is 0 Å². The molecular weight excluding hydrogens is 188 g/mol. The maximum absolute atomic E-state index is 5.72. The minimum absolute atomic E-state index is 0.716. The number of nitrogen functional groups attached to an aromatic ring is 1. The lowest BCUT2D eigenvalue weighted by Gasteiger charge is -2.05. The average Bonchev–Trinajstić information content (AvgIpc) is 2.70. The topological polar surface area (TPSA) is 56.7 Å². The van der Waals surface area contributed by atoms with Gasteiger partial charge in [0.25, 0.3) is 0 Å². The van der Waals surface area contributed by atoms with E-state index in [-0.39, 0.29) is 0 Å². The van der Waals surface area contributed by atoms with Gasteiger partial charge in [-0.1, -0.05) is 0 Å². The first-order valence-electron chi connectivity index (χ1n) is 4.97. The molecule has 0 atom stereocenters. The molecule has 0 amide bonds. The maximum Gasteiger partial charge on any atom is 0.158 e. The van der Waals surface area contributed by atoms with Crippen LogP contribution in [0, 0.1) is 6.92 Å².